The number of aliphatic hydroxyl groups excluding tert-OH is 1. The largest absolute Gasteiger partial charge is 0.396 e. The summed E-state index contributed by atoms with van der Waals surface area (Å²) >= 11 is 0. The summed E-state index contributed by atoms with van der Waals surface area (Å²) < 4.78 is 5.57. The smallest absolute Gasteiger partial charge is 0.191 e. The lowest BCUT2D eigenvalue weighted by Crippen LogP contribution is -2.44. The van der Waals surface area contributed by atoms with Gasteiger partial charge in [0.2, 0.25) is 0 Å². The second-order valence-corrected chi connectivity index (χ2v) is 7.29. The number of halogens is 1. The third-order valence-corrected chi connectivity index (χ3v) is 5.53. The molecule has 28 heavy (non-hydrogen) atoms. The Morgan fingerprint density at radius 2 is 1.93 bits per heavy atom. The Hall–Kier alpha value is -0.900. The van der Waals surface area contributed by atoms with Crippen molar-refractivity contribution in [2.24, 2.45) is 10.4 Å². The van der Waals surface area contributed by atoms with Crippen LogP contribution in [0.4, 0.5) is 0 Å². The van der Waals surface area contributed by atoms with Crippen LogP contribution in [0.25, 0.3) is 0 Å². The molecule has 160 valence electrons. The number of nitrogens with one attached hydrogen (secondary N) is 2. The lowest BCUT2D eigenvalue weighted by atomic mass is 9.84. The second-order valence-electron chi connectivity index (χ2n) is 7.29. The number of aliphatic hydroxyl groups is 1. The van der Waals surface area contributed by atoms with Gasteiger partial charge in [-0.15, -0.1) is 24.0 Å². The fourth-order valence-corrected chi connectivity index (χ4v) is 3.55. The van der Waals surface area contributed by atoms with Gasteiger partial charge in [0.25, 0.3) is 0 Å². The Bertz CT molecular complexity index is 588. The summed E-state index contributed by atoms with van der Waals surface area (Å²) in [5.41, 5.74) is 2.65. The van der Waals surface area contributed by atoms with E-state index in [0.29, 0.717) is 6.61 Å². The van der Waals surface area contributed by atoms with Gasteiger partial charge in [-0.3, -0.25) is 9.89 Å². The van der Waals surface area contributed by atoms with Gasteiger partial charge in [-0.25, -0.2) is 0 Å². The van der Waals surface area contributed by atoms with Crippen molar-refractivity contribution < 1.29 is 9.84 Å². The van der Waals surface area contributed by atoms with Crippen LogP contribution in [0, 0.1) is 5.41 Å². The van der Waals surface area contributed by atoms with Gasteiger partial charge >= 0.3 is 0 Å². The van der Waals surface area contributed by atoms with Gasteiger partial charge in [0, 0.05) is 45.3 Å². The van der Waals surface area contributed by atoms with Crippen LogP contribution < -0.4 is 10.6 Å². The van der Waals surface area contributed by atoms with Crippen molar-refractivity contribution in [3.05, 3.63) is 35.4 Å². The van der Waals surface area contributed by atoms with Crippen LogP contribution in [-0.2, 0) is 17.8 Å². The highest BCUT2D eigenvalue weighted by Crippen LogP contribution is 2.31. The number of nitrogens with zero attached hydrogens (tertiary/aromatic N) is 2. The fourth-order valence-electron chi connectivity index (χ4n) is 3.55. The zero-order valence-corrected chi connectivity index (χ0v) is 19.9. The van der Waals surface area contributed by atoms with Crippen molar-refractivity contribution >= 4 is 29.9 Å². The summed E-state index contributed by atoms with van der Waals surface area (Å²) in [6, 6.07) is 8.58. The normalized spacial score (nSPS) is 19.5. The molecule has 0 saturated carbocycles. The van der Waals surface area contributed by atoms with Crippen LogP contribution >= 0.6 is 24.0 Å². The Labute approximate surface area is 187 Å². The first-order chi connectivity index (χ1) is 13.2. The van der Waals surface area contributed by atoms with E-state index in [-0.39, 0.29) is 36.0 Å². The van der Waals surface area contributed by atoms with Crippen LogP contribution in [0.15, 0.2) is 29.3 Å². The van der Waals surface area contributed by atoms with Gasteiger partial charge in [-0.2, -0.15) is 0 Å². The number of ether oxygens (including phenoxy) is 1. The highest BCUT2D eigenvalue weighted by Gasteiger charge is 2.34. The zero-order valence-electron chi connectivity index (χ0n) is 17.5. The minimum absolute atomic E-state index is 0. The van der Waals surface area contributed by atoms with Crippen LogP contribution in [0.5, 0.6) is 0 Å². The zero-order chi connectivity index (χ0) is 19.5. The monoisotopic (exact) mass is 504 g/mol. The first-order valence-corrected chi connectivity index (χ1v) is 10.1. The Morgan fingerprint density at radius 1 is 1.21 bits per heavy atom. The van der Waals surface area contributed by atoms with Gasteiger partial charge in [0.1, 0.15) is 0 Å². The Kier molecular flexibility index (Phi) is 12.0. The fraction of sp³-hybridized carbons (Fsp3) is 0.667. The first-order valence-electron chi connectivity index (χ1n) is 10.1. The highest BCUT2D eigenvalue weighted by molar-refractivity contribution is 14.0. The Balaban J connectivity index is 0.00000392. The molecular formula is C21H37IN4O2. The number of hydrogen-bond acceptors (Lipinski definition) is 4. The molecule has 1 atom stereocenters. The third kappa shape index (κ3) is 7.50. The molecule has 0 radical (unpaired) electrons. The summed E-state index contributed by atoms with van der Waals surface area (Å²) in [5, 5.41) is 16.2. The minimum atomic E-state index is 0. The number of hydrogen-bond donors (Lipinski definition) is 3. The molecule has 7 heteroatoms. The lowest BCUT2D eigenvalue weighted by Gasteiger charge is -2.28. The van der Waals surface area contributed by atoms with Crippen molar-refractivity contribution in [2.45, 2.75) is 39.8 Å². The van der Waals surface area contributed by atoms with Crippen molar-refractivity contribution in [2.75, 3.05) is 46.5 Å². The van der Waals surface area contributed by atoms with Crippen molar-refractivity contribution in [3.8, 4) is 0 Å². The average molecular weight is 504 g/mol. The number of aliphatic imine (C=N–C) groups is 1. The van der Waals surface area contributed by atoms with Crippen LogP contribution in [0.3, 0.4) is 0 Å². The maximum atomic E-state index is 9.38. The lowest BCUT2D eigenvalue weighted by molar-refractivity contribution is 0.127. The summed E-state index contributed by atoms with van der Waals surface area (Å²) in [6.07, 6.45) is 1.73. The van der Waals surface area contributed by atoms with E-state index < -0.39 is 0 Å². The first kappa shape index (κ1) is 25.1. The minimum Gasteiger partial charge on any atom is -0.396 e. The van der Waals surface area contributed by atoms with Crippen molar-refractivity contribution in [3.63, 3.8) is 0 Å². The molecule has 1 aliphatic rings. The van der Waals surface area contributed by atoms with E-state index in [0.717, 1.165) is 58.1 Å². The molecule has 1 unspecified atom stereocenters. The van der Waals surface area contributed by atoms with Gasteiger partial charge in [-0.05, 0) is 37.1 Å². The van der Waals surface area contributed by atoms with E-state index in [4.69, 9.17) is 4.74 Å². The summed E-state index contributed by atoms with van der Waals surface area (Å²) in [7, 11) is 1.79. The molecule has 1 saturated heterocycles. The average Bonchev–Trinajstić information content (AvgIpc) is 3.16. The maximum Gasteiger partial charge on any atom is 0.191 e. The van der Waals surface area contributed by atoms with E-state index >= 15 is 0 Å². The van der Waals surface area contributed by atoms with E-state index in [2.05, 4.69) is 58.6 Å². The molecule has 1 fully saturated rings. The van der Waals surface area contributed by atoms with E-state index in [1.54, 1.807) is 7.05 Å². The predicted octanol–water partition coefficient (Wildman–Crippen LogP) is 2.60. The molecule has 6 nitrogen and oxygen atoms in total. The molecule has 0 amide bonds. The molecule has 0 aliphatic carbocycles. The van der Waals surface area contributed by atoms with Crippen molar-refractivity contribution in [1.82, 2.24) is 15.5 Å². The molecule has 1 heterocycles. The van der Waals surface area contributed by atoms with Gasteiger partial charge in [0.05, 0.1) is 6.61 Å². The SMILES string of the molecule is CCN(CC)Cc1ccccc1CNC(=NC)NCC1(CCO)CCOC1.I. The van der Waals surface area contributed by atoms with Crippen LogP contribution in [0.2, 0.25) is 0 Å². The number of benzene rings is 1. The molecule has 1 aliphatic heterocycles. The number of rotatable bonds is 10. The molecule has 3 N–H and O–H groups in total. The molecular weight excluding hydrogens is 467 g/mol. The molecule has 1 aromatic rings. The molecule has 0 aromatic heterocycles. The quantitative estimate of drug-likeness (QED) is 0.260. The summed E-state index contributed by atoms with van der Waals surface area (Å²) in [5.74, 6) is 0.789. The number of guanidine groups is 1. The third-order valence-electron chi connectivity index (χ3n) is 5.53. The van der Waals surface area contributed by atoms with E-state index in [1.807, 2.05) is 0 Å². The van der Waals surface area contributed by atoms with E-state index in [1.165, 1.54) is 11.1 Å². The topological polar surface area (TPSA) is 69.1 Å². The Morgan fingerprint density at radius 3 is 2.50 bits per heavy atom. The molecule has 1 aromatic carbocycles. The molecule has 0 spiro atoms. The van der Waals surface area contributed by atoms with Crippen LogP contribution in [-0.4, -0.2) is 62.5 Å². The second kappa shape index (κ2) is 13.3. The highest BCUT2D eigenvalue weighted by atomic mass is 127. The van der Waals surface area contributed by atoms with Gasteiger partial charge in [-0.1, -0.05) is 38.1 Å². The van der Waals surface area contributed by atoms with E-state index in [9.17, 15) is 5.11 Å². The van der Waals surface area contributed by atoms with Gasteiger partial charge < -0.3 is 20.5 Å². The molecule has 2 rings (SSSR count). The summed E-state index contributed by atoms with van der Waals surface area (Å²) in [6.45, 7) is 10.6. The molecule has 0 bridgehead atoms. The van der Waals surface area contributed by atoms with Gasteiger partial charge in [0.15, 0.2) is 5.96 Å². The summed E-state index contributed by atoms with van der Waals surface area (Å²) in [4.78, 5) is 6.78. The maximum absolute atomic E-state index is 9.38. The van der Waals surface area contributed by atoms with Crippen LogP contribution in [0.1, 0.15) is 37.8 Å². The predicted molar refractivity (Wildman–Crippen MR) is 126 cm³/mol. The standard InChI is InChI=1S/C21H36N4O2.HI/c1-4-25(5-2)15-19-9-7-6-8-18(19)14-23-20(22-3)24-16-21(10-12-26)11-13-27-17-21;/h6-9,26H,4-5,10-17H2,1-3H3,(H2,22,23,24);1H. The van der Waals surface area contributed by atoms with Crippen molar-refractivity contribution in [1.29, 1.82) is 0 Å².